The van der Waals surface area contributed by atoms with Crippen LogP contribution in [0.15, 0.2) is 47.4 Å². The first kappa shape index (κ1) is 22.2. The van der Waals surface area contributed by atoms with Crippen molar-refractivity contribution in [2.24, 2.45) is 0 Å². The molecule has 0 saturated carbocycles. The number of hydrogen-bond acceptors (Lipinski definition) is 6. The van der Waals surface area contributed by atoms with Crippen molar-refractivity contribution >= 4 is 15.9 Å². The van der Waals surface area contributed by atoms with E-state index in [-0.39, 0.29) is 23.8 Å². The van der Waals surface area contributed by atoms with Crippen LogP contribution in [-0.2, 0) is 16.4 Å². The fraction of sp³-hybridized carbons (Fsp3) is 0.300. The molecule has 2 N–H and O–H groups in total. The lowest BCUT2D eigenvalue weighted by Crippen LogP contribution is -2.26. The Morgan fingerprint density at radius 1 is 1.07 bits per heavy atom. The highest BCUT2D eigenvalue weighted by Crippen LogP contribution is 2.24. The summed E-state index contributed by atoms with van der Waals surface area (Å²) >= 11 is 0. The van der Waals surface area contributed by atoms with Crippen molar-refractivity contribution < 1.29 is 22.7 Å². The SMILES string of the molecule is COc1ccc(OC)c(CCNC(=O)c2ccc(S(=O)(=O)NCCC#N)cc2)c1. The van der Waals surface area contributed by atoms with Gasteiger partial charge in [-0.05, 0) is 54.4 Å². The molecule has 154 valence electrons. The van der Waals surface area contributed by atoms with Gasteiger partial charge in [-0.25, -0.2) is 13.1 Å². The molecule has 2 aromatic rings. The number of hydrogen-bond donors (Lipinski definition) is 2. The van der Waals surface area contributed by atoms with Crippen LogP contribution in [0.1, 0.15) is 22.3 Å². The monoisotopic (exact) mass is 417 g/mol. The second kappa shape index (κ2) is 10.5. The molecule has 0 radical (unpaired) electrons. The van der Waals surface area contributed by atoms with E-state index in [1.165, 1.54) is 24.3 Å². The predicted molar refractivity (Wildman–Crippen MR) is 107 cm³/mol. The van der Waals surface area contributed by atoms with Gasteiger partial charge in [-0.3, -0.25) is 4.79 Å². The lowest BCUT2D eigenvalue weighted by molar-refractivity contribution is 0.0954. The summed E-state index contributed by atoms with van der Waals surface area (Å²) in [5, 5.41) is 11.3. The van der Waals surface area contributed by atoms with Gasteiger partial charge >= 0.3 is 0 Å². The van der Waals surface area contributed by atoms with E-state index in [2.05, 4.69) is 10.0 Å². The Bertz CT molecular complexity index is 982. The molecule has 0 aliphatic carbocycles. The van der Waals surface area contributed by atoms with Crippen molar-refractivity contribution in [2.75, 3.05) is 27.3 Å². The van der Waals surface area contributed by atoms with Gasteiger partial charge in [-0.1, -0.05) is 0 Å². The number of carbonyl (C=O) groups is 1. The molecule has 2 aromatic carbocycles. The molecule has 0 spiro atoms. The van der Waals surface area contributed by atoms with E-state index in [4.69, 9.17) is 14.7 Å². The minimum absolute atomic E-state index is 0.0353. The van der Waals surface area contributed by atoms with Crippen LogP contribution in [-0.4, -0.2) is 41.6 Å². The van der Waals surface area contributed by atoms with Crippen LogP contribution in [0.2, 0.25) is 0 Å². The molecule has 9 heteroatoms. The molecule has 0 atom stereocenters. The van der Waals surface area contributed by atoms with Crippen molar-refractivity contribution in [1.29, 1.82) is 5.26 Å². The van der Waals surface area contributed by atoms with Crippen molar-refractivity contribution in [3.8, 4) is 17.6 Å². The lowest BCUT2D eigenvalue weighted by Gasteiger charge is -2.11. The first-order chi connectivity index (χ1) is 13.9. The van der Waals surface area contributed by atoms with Gasteiger partial charge < -0.3 is 14.8 Å². The Hall–Kier alpha value is -3.09. The van der Waals surface area contributed by atoms with Crippen LogP contribution < -0.4 is 19.5 Å². The number of nitrogens with zero attached hydrogens (tertiary/aromatic N) is 1. The first-order valence-electron chi connectivity index (χ1n) is 8.87. The molecule has 1 amide bonds. The van der Waals surface area contributed by atoms with Crippen molar-refractivity contribution in [3.05, 3.63) is 53.6 Å². The van der Waals surface area contributed by atoms with Crippen molar-refractivity contribution in [1.82, 2.24) is 10.0 Å². The molecule has 0 fully saturated rings. The Morgan fingerprint density at radius 3 is 2.41 bits per heavy atom. The molecule has 8 nitrogen and oxygen atoms in total. The van der Waals surface area contributed by atoms with Gasteiger partial charge in [0.25, 0.3) is 5.91 Å². The number of carbonyl (C=O) groups excluding carboxylic acids is 1. The van der Waals surface area contributed by atoms with Gasteiger partial charge in [-0.2, -0.15) is 5.26 Å². The quantitative estimate of drug-likeness (QED) is 0.570. The second-order valence-corrected chi connectivity index (χ2v) is 7.78. The molecule has 0 unspecified atom stereocenters. The van der Waals surface area contributed by atoms with E-state index in [0.717, 1.165) is 5.56 Å². The Labute approximate surface area is 170 Å². The van der Waals surface area contributed by atoms with E-state index in [1.807, 2.05) is 12.1 Å². The maximum absolute atomic E-state index is 12.3. The molecule has 0 bridgehead atoms. The van der Waals surface area contributed by atoms with Crippen LogP contribution >= 0.6 is 0 Å². The first-order valence-corrected chi connectivity index (χ1v) is 10.4. The highest BCUT2D eigenvalue weighted by molar-refractivity contribution is 7.89. The van der Waals surface area contributed by atoms with Gasteiger partial charge in [0.2, 0.25) is 10.0 Å². The van der Waals surface area contributed by atoms with Crippen LogP contribution in [0.4, 0.5) is 0 Å². The molecular weight excluding hydrogens is 394 g/mol. The lowest BCUT2D eigenvalue weighted by atomic mass is 10.1. The maximum Gasteiger partial charge on any atom is 0.251 e. The summed E-state index contributed by atoms with van der Waals surface area (Å²) in [5.74, 6) is 1.10. The largest absolute Gasteiger partial charge is 0.497 e. The Kier molecular flexibility index (Phi) is 8.00. The summed E-state index contributed by atoms with van der Waals surface area (Å²) in [6.45, 7) is 0.410. The number of amides is 1. The number of benzene rings is 2. The van der Waals surface area contributed by atoms with Crippen molar-refractivity contribution in [2.45, 2.75) is 17.7 Å². The number of ether oxygens (including phenoxy) is 2. The Morgan fingerprint density at radius 2 is 1.79 bits per heavy atom. The van der Waals surface area contributed by atoms with E-state index in [1.54, 1.807) is 26.4 Å². The predicted octanol–water partition coefficient (Wildman–Crippen LogP) is 1.87. The number of nitriles is 1. The normalized spacial score (nSPS) is 10.8. The van der Waals surface area contributed by atoms with Gasteiger partial charge in [0.1, 0.15) is 11.5 Å². The summed E-state index contributed by atoms with van der Waals surface area (Å²) in [6, 6.07) is 12.9. The molecule has 0 saturated heterocycles. The summed E-state index contributed by atoms with van der Waals surface area (Å²) in [6.07, 6.45) is 0.624. The van der Waals surface area contributed by atoms with Crippen LogP contribution in [0, 0.1) is 11.3 Å². The third-order valence-electron chi connectivity index (χ3n) is 4.12. The standard InChI is InChI=1S/C20H23N3O5S/c1-27-17-6-9-19(28-2)16(14-17)10-13-22-20(24)15-4-7-18(8-5-15)29(25,26)23-12-3-11-21/h4-9,14,23H,3,10,12-13H2,1-2H3,(H,22,24). The summed E-state index contributed by atoms with van der Waals surface area (Å²) in [7, 11) is -0.543. The third kappa shape index (κ3) is 6.20. The van der Waals surface area contributed by atoms with Gasteiger partial charge in [-0.15, -0.1) is 0 Å². The summed E-state index contributed by atoms with van der Waals surface area (Å²) in [5.41, 5.74) is 1.25. The zero-order valence-corrected chi connectivity index (χ0v) is 17.1. The highest BCUT2D eigenvalue weighted by Gasteiger charge is 2.14. The van der Waals surface area contributed by atoms with E-state index in [9.17, 15) is 13.2 Å². The molecule has 0 aliphatic rings. The zero-order valence-electron chi connectivity index (χ0n) is 16.3. The fourth-order valence-corrected chi connectivity index (χ4v) is 3.63. The van der Waals surface area contributed by atoms with E-state index in [0.29, 0.717) is 30.0 Å². The van der Waals surface area contributed by atoms with E-state index >= 15 is 0 Å². The molecule has 0 heterocycles. The Balaban J connectivity index is 1.96. The minimum atomic E-state index is -3.70. The molecule has 2 rings (SSSR count). The number of methoxy groups -OCH3 is 2. The highest BCUT2D eigenvalue weighted by atomic mass is 32.2. The smallest absolute Gasteiger partial charge is 0.251 e. The topological polar surface area (TPSA) is 118 Å². The van der Waals surface area contributed by atoms with Crippen molar-refractivity contribution in [3.63, 3.8) is 0 Å². The van der Waals surface area contributed by atoms with Gasteiger partial charge in [0.15, 0.2) is 0 Å². The zero-order chi connectivity index (χ0) is 21.3. The fourth-order valence-electron chi connectivity index (χ4n) is 2.60. The average Bonchev–Trinajstić information content (AvgIpc) is 2.73. The van der Waals surface area contributed by atoms with Crippen LogP contribution in [0.25, 0.3) is 0 Å². The second-order valence-electron chi connectivity index (χ2n) is 6.01. The number of sulfonamides is 1. The number of nitrogens with one attached hydrogen (secondary N) is 2. The van der Waals surface area contributed by atoms with Crippen LogP contribution in [0.3, 0.4) is 0 Å². The molecule has 0 aromatic heterocycles. The third-order valence-corrected chi connectivity index (χ3v) is 5.60. The average molecular weight is 417 g/mol. The van der Waals surface area contributed by atoms with Crippen LogP contribution in [0.5, 0.6) is 11.5 Å². The van der Waals surface area contributed by atoms with Gasteiger partial charge in [0, 0.05) is 25.1 Å². The molecule has 29 heavy (non-hydrogen) atoms. The minimum Gasteiger partial charge on any atom is -0.497 e. The van der Waals surface area contributed by atoms with E-state index < -0.39 is 10.0 Å². The molecular formula is C20H23N3O5S. The number of rotatable bonds is 10. The maximum atomic E-state index is 12.3. The molecule has 0 aliphatic heterocycles. The summed E-state index contributed by atoms with van der Waals surface area (Å²) < 4.78 is 37.0. The summed E-state index contributed by atoms with van der Waals surface area (Å²) in [4.78, 5) is 12.4. The van der Waals surface area contributed by atoms with Gasteiger partial charge in [0.05, 0.1) is 25.2 Å².